The number of aromatic nitrogens is 1. The molecule has 0 atom stereocenters. The van der Waals surface area contributed by atoms with E-state index in [0.717, 1.165) is 17.7 Å². The van der Waals surface area contributed by atoms with Crippen molar-refractivity contribution in [2.75, 3.05) is 25.1 Å². The molecule has 3 aromatic rings. The Morgan fingerprint density at radius 2 is 1.79 bits per heavy atom. The summed E-state index contributed by atoms with van der Waals surface area (Å²) in [6.45, 7) is 1.15. The van der Waals surface area contributed by atoms with Crippen molar-refractivity contribution in [2.24, 2.45) is 0 Å². The van der Waals surface area contributed by atoms with Crippen LogP contribution in [0, 0.1) is 0 Å². The van der Waals surface area contributed by atoms with Crippen molar-refractivity contribution in [1.82, 2.24) is 9.71 Å². The highest BCUT2D eigenvalue weighted by molar-refractivity contribution is 7.89. The average molecular weight is 488 g/mol. The minimum Gasteiger partial charge on any atom is -0.486 e. The molecular formula is C23H25N3O5S2. The van der Waals surface area contributed by atoms with Crippen LogP contribution < -0.4 is 19.5 Å². The Balaban J connectivity index is 1.16. The second-order valence-electron chi connectivity index (χ2n) is 7.47. The second-order valence-corrected chi connectivity index (χ2v) is 10.1. The fraction of sp³-hybridized carbons (Fsp3) is 0.304. The van der Waals surface area contributed by atoms with Gasteiger partial charge in [0.2, 0.25) is 15.9 Å². The van der Waals surface area contributed by atoms with Gasteiger partial charge in [0.1, 0.15) is 13.2 Å². The monoisotopic (exact) mass is 487 g/mol. The maximum Gasteiger partial charge on any atom is 0.240 e. The molecule has 0 spiro atoms. The van der Waals surface area contributed by atoms with Gasteiger partial charge in [0.05, 0.1) is 10.6 Å². The third-order valence-electron chi connectivity index (χ3n) is 5.02. The zero-order chi connectivity index (χ0) is 23.1. The molecule has 1 amide bonds. The van der Waals surface area contributed by atoms with E-state index in [0.29, 0.717) is 55.7 Å². The number of hydrogen-bond acceptors (Lipinski definition) is 7. The van der Waals surface area contributed by atoms with E-state index >= 15 is 0 Å². The highest BCUT2D eigenvalue weighted by atomic mass is 32.2. The van der Waals surface area contributed by atoms with Crippen molar-refractivity contribution in [3.63, 3.8) is 0 Å². The number of thiazole rings is 1. The number of benzene rings is 2. The predicted octanol–water partition coefficient (Wildman–Crippen LogP) is 4.06. The summed E-state index contributed by atoms with van der Waals surface area (Å²) in [6, 6.07) is 14.4. The summed E-state index contributed by atoms with van der Waals surface area (Å²) in [7, 11) is -3.63. The summed E-state index contributed by atoms with van der Waals surface area (Å²) < 4.78 is 38.4. The van der Waals surface area contributed by atoms with Gasteiger partial charge in [-0.15, -0.1) is 11.3 Å². The van der Waals surface area contributed by atoms with Crippen LogP contribution in [0.25, 0.3) is 11.3 Å². The Morgan fingerprint density at radius 1 is 1.00 bits per heavy atom. The van der Waals surface area contributed by atoms with Gasteiger partial charge in [0.15, 0.2) is 16.6 Å². The van der Waals surface area contributed by atoms with Gasteiger partial charge in [-0.2, -0.15) is 0 Å². The van der Waals surface area contributed by atoms with Gasteiger partial charge < -0.3 is 14.8 Å². The molecule has 0 saturated carbocycles. The van der Waals surface area contributed by atoms with E-state index in [-0.39, 0.29) is 10.8 Å². The van der Waals surface area contributed by atoms with Gasteiger partial charge in [-0.05, 0) is 25.0 Å². The minimum absolute atomic E-state index is 0.0965. The molecule has 0 bridgehead atoms. The Labute approximate surface area is 197 Å². The average Bonchev–Trinajstić information content (AvgIpc) is 3.30. The molecule has 0 unspecified atom stereocenters. The van der Waals surface area contributed by atoms with Crippen molar-refractivity contribution >= 4 is 32.4 Å². The first-order valence-electron chi connectivity index (χ1n) is 10.7. The minimum atomic E-state index is -3.63. The van der Waals surface area contributed by atoms with E-state index < -0.39 is 10.0 Å². The number of sulfonamides is 1. The van der Waals surface area contributed by atoms with Gasteiger partial charge in [-0.25, -0.2) is 18.1 Å². The zero-order valence-electron chi connectivity index (χ0n) is 18.0. The van der Waals surface area contributed by atoms with Crippen LogP contribution in [0.3, 0.4) is 0 Å². The Bertz CT molecular complexity index is 1200. The predicted molar refractivity (Wildman–Crippen MR) is 127 cm³/mol. The van der Waals surface area contributed by atoms with Gasteiger partial charge >= 0.3 is 0 Å². The van der Waals surface area contributed by atoms with Gasteiger partial charge in [0.25, 0.3) is 0 Å². The van der Waals surface area contributed by atoms with E-state index in [1.807, 2.05) is 35.7 Å². The Hall–Kier alpha value is -2.95. The van der Waals surface area contributed by atoms with Gasteiger partial charge in [0, 0.05) is 30.0 Å². The van der Waals surface area contributed by atoms with Crippen molar-refractivity contribution in [3.05, 3.63) is 53.9 Å². The van der Waals surface area contributed by atoms with E-state index in [1.165, 1.54) is 23.5 Å². The lowest BCUT2D eigenvalue weighted by molar-refractivity contribution is -0.116. The van der Waals surface area contributed by atoms with Crippen molar-refractivity contribution in [1.29, 1.82) is 0 Å². The normalized spacial score (nSPS) is 13.0. The molecule has 1 aromatic heterocycles. The fourth-order valence-corrected chi connectivity index (χ4v) is 5.15. The smallest absolute Gasteiger partial charge is 0.240 e. The lowest BCUT2D eigenvalue weighted by atomic mass is 10.2. The lowest BCUT2D eigenvalue weighted by Crippen LogP contribution is -2.25. The highest BCUT2D eigenvalue weighted by Crippen LogP contribution is 2.32. The maximum atomic E-state index is 12.5. The van der Waals surface area contributed by atoms with Gasteiger partial charge in [-0.3, -0.25) is 4.79 Å². The topological polar surface area (TPSA) is 107 Å². The molecule has 4 rings (SSSR count). The van der Waals surface area contributed by atoms with E-state index in [2.05, 4.69) is 15.0 Å². The third kappa shape index (κ3) is 6.31. The number of carbonyl (C=O) groups excluding carboxylic acids is 1. The van der Waals surface area contributed by atoms with E-state index in [1.54, 1.807) is 6.07 Å². The first kappa shape index (κ1) is 23.2. The second kappa shape index (κ2) is 10.8. The highest BCUT2D eigenvalue weighted by Gasteiger charge is 2.19. The third-order valence-corrected chi connectivity index (χ3v) is 7.23. The number of fused-ring (bicyclic) bond motifs is 1. The number of nitrogens with zero attached hydrogens (tertiary/aromatic N) is 1. The molecular weight excluding hydrogens is 462 g/mol. The van der Waals surface area contributed by atoms with Crippen LogP contribution in [0.15, 0.2) is 58.8 Å². The number of carbonyl (C=O) groups is 1. The van der Waals surface area contributed by atoms with Gasteiger partial charge in [-0.1, -0.05) is 36.8 Å². The van der Waals surface area contributed by atoms with E-state index in [9.17, 15) is 13.2 Å². The number of anilines is 1. The standard InChI is InChI=1S/C23H25N3O5S2/c27-22(26-23-25-19(16-32-23)17-7-3-1-4-8-17)9-5-2-6-12-24-33(28,29)18-10-11-20-21(15-18)31-14-13-30-20/h1,3-4,7-8,10-11,15-16,24H,2,5-6,9,12-14H2,(H,25,26,27). The Kier molecular flexibility index (Phi) is 7.58. The first-order valence-corrected chi connectivity index (χ1v) is 13.1. The fourth-order valence-electron chi connectivity index (χ4n) is 3.32. The maximum absolute atomic E-state index is 12.5. The van der Waals surface area contributed by atoms with Crippen LogP contribution in [0.2, 0.25) is 0 Å². The molecule has 2 N–H and O–H groups in total. The van der Waals surface area contributed by atoms with Crippen molar-refractivity contribution in [2.45, 2.75) is 30.6 Å². The van der Waals surface area contributed by atoms with E-state index in [4.69, 9.17) is 9.47 Å². The summed E-state index contributed by atoms with van der Waals surface area (Å²) in [6.07, 6.45) is 2.38. The largest absolute Gasteiger partial charge is 0.486 e. The molecule has 0 saturated heterocycles. The number of ether oxygens (including phenoxy) is 2. The summed E-state index contributed by atoms with van der Waals surface area (Å²) in [4.78, 5) is 16.8. The molecule has 2 heterocycles. The quantitative estimate of drug-likeness (QED) is 0.418. The molecule has 0 fully saturated rings. The number of hydrogen-bond donors (Lipinski definition) is 2. The SMILES string of the molecule is O=C(CCCCCNS(=O)(=O)c1ccc2c(c1)OCCO2)Nc1nc(-c2ccccc2)cs1. The first-order chi connectivity index (χ1) is 16.0. The summed E-state index contributed by atoms with van der Waals surface area (Å²) in [5.74, 6) is 0.889. The van der Waals surface area contributed by atoms with Crippen LogP contribution in [-0.4, -0.2) is 39.1 Å². The summed E-state index contributed by atoms with van der Waals surface area (Å²) in [5, 5.41) is 5.32. The number of amides is 1. The number of rotatable bonds is 10. The molecule has 1 aliphatic heterocycles. The van der Waals surface area contributed by atoms with Crippen molar-refractivity contribution < 1.29 is 22.7 Å². The molecule has 0 radical (unpaired) electrons. The molecule has 0 aliphatic carbocycles. The molecule has 1 aliphatic rings. The van der Waals surface area contributed by atoms with Crippen LogP contribution in [0.4, 0.5) is 5.13 Å². The van der Waals surface area contributed by atoms with Crippen LogP contribution in [0.1, 0.15) is 25.7 Å². The summed E-state index contributed by atoms with van der Waals surface area (Å²) in [5.41, 5.74) is 1.84. The summed E-state index contributed by atoms with van der Waals surface area (Å²) >= 11 is 1.39. The number of nitrogens with one attached hydrogen (secondary N) is 2. The molecule has 10 heteroatoms. The Morgan fingerprint density at radius 3 is 2.61 bits per heavy atom. The lowest BCUT2D eigenvalue weighted by Gasteiger charge is -2.18. The van der Waals surface area contributed by atoms with Crippen LogP contribution in [0.5, 0.6) is 11.5 Å². The molecule has 2 aromatic carbocycles. The number of unbranched alkanes of at least 4 members (excludes halogenated alkanes) is 2. The molecule has 174 valence electrons. The van der Waals surface area contributed by atoms with Crippen LogP contribution in [-0.2, 0) is 14.8 Å². The zero-order valence-corrected chi connectivity index (χ0v) is 19.6. The molecule has 33 heavy (non-hydrogen) atoms. The molecule has 8 nitrogen and oxygen atoms in total. The van der Waals surface area contributed by atoms with Crippen molar-refractivity contribution in [3.8, 4) is 22.8 Å². The van der Waals surface area contributed by atoms with Crippen LogP contribution >= 0.6 is 11.3 Å².